The molecule has 1 saturated carbocycles. The summed E-state index contributed by atoms with van der Waals surface area (Å²) in [5, 5.41) is 9.31. The molecular formula is C14H21NO. The van der Waals surface area contributed by atoms with Crippen LogP contribution in [0.1, 0.15) is 43.7 Å². The average molecular weight is 219 g/mol. The molecule has 2 nitrogen and oxygen atoms in total. The Bertz CT molecular complexity index is 336. The van der Waals surface area contributed by atoms with Crippen LogP contribution < -0.4 is 5.73 Å². The molecule has 0 radical (unpaired) electrons. The molecule has 1 aliphatic rings. The molecule has 0 aliphatic heterocycles. The Morgan fingerprint density at radius 2 is 1.81 bits per heavy atom. The Labute approximate surface area is 97.5 Å². The summed E-state index contributed by atoms with van der Waals surface area (Å²) >= 11 is 0. The van der Waals surface area contributed by atoms with Gasteiger partial charge in [0.1, 0.15) is 0 Å². The van der Waals surface area contributed by atoms with Crippen LogP contribution in [0.15, 0.2) is 24.3 Å². The van der Waals surface area contributed by atoms with Crippen molar-refractivity contribution in [3.05, 3.63) is 35.4 Å². The van der Waals surface area contributed by atoms with Gasteiger partial charge in [0, 0.05) is 5.54 Å². The van der Waals surface area contributed by atoms with Crippen molar-refractivity contribution in [3.63, 3.8) is 0 Å². The lowest BCUT2D eigenvalue weighted by Crippen LogP contribution is -2.32. The Kier molecular flexibility index (Phi) is 3.31. The second-order valence-electron chi connectivity index (χ2n) is 5.11. The highest BCUT2D eigenvalue weighted by Crippen LogP contribution is 2.36. The van der Waals surface area contributed by atoms with Gasteiger partial charge in [-0.05, 0) is 37.3 Å². The fourth-order valence-electron chi connectivity index (χ4n) is 2.61. The van der Waals surface area contributed by atoms with Crippen LogP contribution in [0.5, 0.6) is 0 Å². The second-order valence-corrected chi connectivity index (χ2v) is 5.11. The van der Waals surface area contributed by atoms with Crippen LogP contribution in [0, 0.1) is 0 Å². The first kappa shape index (κ1) is 11.6. The number of hydrogen-bond donors (Lipinski definition) is 2. The van der Waals surface area contributed by atoms with Crippen molar-refractivity contribution >= 4 is 0 Å². The van der Waals surface area contributed by atoms with Gasteiger partial charge in [-0.1, -0.05) is 37.1 Å². The quantitative estimate of drug-likeness (QED) is 0.819. The number of benzene rings is 1. The first-order chi connectivity index (χ1) is 7.60. The summed E-state index contributed by atoms with van der Waals surface area (Å²) in [6.45, 7) is 1.81. The number of nitrogens with two attached hydrogens (primary N) is 1. The van der Waals surface area contributed by atoms with Crippen LogP contribution >= 0.6 is 0 Å². The van der Waals surface area contributed by atoms with Crippen LogP contribution in [0.25, 0.3) is 0 Å². The Hall–Kier alpha value is -0.860. The Balaban J connectivity index is 2.12. The van der Waals surface area contributed by atoms with Gasteiger partial charge in [0.05, 0.1) is 6.10 Å². The predicted molar refractivity (Wildman–Crippen MR) is 66.2 cm³/mol. The summed E-state index contributed by atoms with van der Waals surface area (Å²) in [6.07, 6.45) is 5.13. The minimum atomic E-state index is -0.274. The van der Waals surface area contributed by atoms with Gasteiger partial charge in [-0.2, -0.15) is 0 Å². The van der Waals surface area contributed by atoms with E-state index in [1.54, 1.807) is 0 Å². The topological polar surface area (TPSA) is 46.2 Å². The lowest BCUT2D eigenvalue weighted by molar-refractivity contribution is 0.195. The molecule has 16 heavy (non-hydrogen) atoms. The third-order valence-electron chi connectivity index (χ3n) is 3.56. The van der Waals surface area contributed by atoms with Crippen molar-refractivity contribution in [1.82, 2.24) is 0 Å². The largest absolute Gasteiger partial charge is 0.393 e. The molecule has 88 valence electrons. The van der Waals surface area contributed by atoms with E-state index in [1.807, 2.05) is 6.92 Å². The molecule has 0 heterocycles. The molecule has 1 fully saturated rings. The normalized spacial score (nSPS) is 20.9. The molecule has 0 amide bonds. The van der Waals surface area contributed by atoms with Crippen LogP contribution in [-0.2, 0) is 12.0 Å². The van der Waals surface area contributed by atoms with Crippen molar-refractivity contribution in [2.24, 2.45) is 5.73 Å². The van der Waals surface area contributed by atoms with E-state index in [4.69, 9.17) is 5.73 Å². The third kappa shape index (κ3) is 2.45. The van der Waals surface area contributed by atoms with Gasteiger partial charge < -0.3 is 10.8 Å². The van der Waals surface area contributed by atoms with E-state index in [1.165, 1.54) is 24.0 Å². The molecule has 1 aromatic carbocycles. The summed E-state index contributed by atoms with van der Waals surface area (Å²) in [4.78, 5) is 0. The Morgan fingerprint density at radius 3 is 2.31 bits per heavy atom. The summed E-state index contributed by atoms with van der Waals surface area (Å²) in [7, 11) is 0. The standard InChI is InChI=1S/C14H21NO/c1-11(16)10-12-4-6-13(7-5-12)14(15)8-2-3-9-14/h4-7,11,16H,2-3,8-10,15H2,1H3. The maximum absolute atomic E-state index is 9.31. The van der Waals surface area contributed by atoms with Gasteiger partial charge in [-0.25, -0.2) is 0 Å². The molecule has 0 bridgehead atoms. The maximum atomic E-state index is 9.31. The number of aliphatic hydroxyl groups is 1. The van der Waals surface area contributed by atoms with Gasteiger partial charge >= 0.3 is 0 Å². The highest BCUT2D eigenvalue weighted by Gasteiger charge is 2.30. The zero-order valence-corrected chi connectivity index (χ0v) is 9.95. The maximum Gasteiger partial charge on any atom is 0.0552 e. The average Bonchev–Trinajstić information content (AvgIpc) is 2.66. The summed E-state index contributed by atoms with van der Waals surface area (Å²) in [6, 6.07) is 8.44. The molecule has 3 N–H and O–H groups in total. The molecular weight excluding hydrogens is 198 g/mol. The third-order valence-corrected chi connectivity index (χ3v) is 3.56. The molecule has 2 heteroatoms. The second kappa shape index (κ2) is 4.56. The molecule has 1 atom stereocenters. The van der Waals surface area contributed by atoms with Gasteiger partial charge in [0.15, 0.2) is 0 Å². The molecule has 0 spiro atoms. The van der Waals surface area contributed by atoms with E-state index in [-0.39, 0.29) is 11.6 Å². The predicted octanol–water partition coefficient (Wildman–Crippen LogP) is 2.34. The fraction of sp³-hybridized carbons (Fsp3) is 0.571. The van der Waals surface area contributed by atoms with E-state index >= 15 is 0 Å². The lowest BCUT2D eigenvalue weighted by Gasteiger charge is -2.24. The monoisotopic (exact) mass is 219 g/mol. The smallest absolute Gasteiger partial charge is 0.0552 e. The summed E-state index contributed by atoms with van der Waals surface area (Å²) < 4.78 is 0. The first-order valence-corrected chi connectivity index (χ1v) is 6.16. The van der Waals surface area contributed by atoms with E-state index in [9.17, 15) is 5.11 Å². The van der Waals surface area contributed by atoms with Crippen molar-refractivity contribution < 1.29 is 5.11 Å². The number of rotatable bonds is 3. The Morgan fingerprint density at radius 1 is 1.25 bits per heavy atom. The summed E-state index contributed by atoms with van der Waals surface area (Å²) in [5.74, 6) is 0. The zero-order valence-electron chi connectivity index (χ0n) is 9.95. The van der Waals surface area contributed by atoms with Gasteiger partial charge in [0.2, 0.25) is 0 Å². The first-order valence-electron chi connectivity index (χ1n) is 6.16. The van der Waals surface area contributed by atoms with Crippen LogP contribution in [0.3, 0.4) is 0 Å². The molecule has 1 aromatic rings. The van der Waals surface area contributed by atoms with Crippen LogP contribution in [0.4, 0.5) is 0 Å². The molecule has 2 rings (SSSR count). The molecule has 0 saturated heterocycles. The van der Waals surface area contributed by atoms with E-state index in [2.05, 4.69) is 24.3 Å². The van der Waals surface area contributed by atoms with Crippen molar-refractivity contribution in [1.29, 1.82) is 0 Å². The lowest BCUT2D eigenvalue weighted by atomic mass is 9.88. The minimum absolute atomic E-state index is 0.0939. The number of hydrogen-bond acceptors (Lipinski definition) is 2. The molecule has 1 aliphatic carbocycles. The fourth-order valence-corrected chi connectivity index (χ4v) is 2.61. The molecule has 1 unspecified atom stereocenters. The van der Waals surface area contributed by atoms with Crippen molar-refractivity contribution in [2.45, 2.75) is 50.7 Å². The zero-order chi connectivity index (χ0) is 11.6. The highest BCUT2D eigenvalue weighted by molar-refractivity contribution is 5.29. The highest BCUT2D eigenvalue weighted by atomic mass is 16.3. The van der Waals surface area contributed by atoms with E-state index < -0.39 is 0 Å². The van der Waals surface area contributed by atoms with E-state index in [0.717, 1.165) is 19.3 Å². The summed E-state index contributed by atoms with van der Waals surface area (Å²) in [5.41, 5.74) is 8.72. The van der Waals surface area contributed by atoms with Gasteiger partial charge in [-0.3, -0.25) is 0 Å². The van der Waals surface area contributed by atoms with Crippen LogP contribution in [0.2, 0.25) is 0 Å². The van der Waals surface area contributed by atoms with Crippen molar-refractivity contribution in [2.75, 3.05) is 0 Å². The van der Waals surface area contributed by atoms with Gasteiger partial charge in [-0.15, -0.1) is 0 Å². The minimum Gasteiger partial charge on any atom is -0.393 e. The SMILES string of the molecule is CC(O)Cc1ccc(C2(N)CCCC2)cc1. The van der Waals surface area contributed by atoms with Crippen molar-refractivity contribution in [3.8, 4) is 0 Å². The molecule has 0 aromatic heterocycles. The van der Waals surface area contributed by atoms with Crippen LogP contribution in [-0.4, -0.2) is 11.2 Å². The number of aliphatic hydroxyl groups excluding tert-OH is 1. The van der Waals surface area contributed by atoms with Gasteiger partial charge in [0.25, 0.3) is 0 Å². The van der Waals surface area contributed by atoms with E-state index in [0.29, 0.717) is 0 Å².